The van der Waals surface area contributed by atoms with Crippen molar-refractivity contribution in [3.63, 3.8) is 0 Å². The van der Waals surface area contributed by atoms with E-state index in [1.807, 2.05) is 24.3 Å². The van der Waals surface area contributed by atoms with Gasteiger partial charge in [0.25, 0.3) is 0 Å². The summed E-state index contributed by atoms with van der Waals surface area (Å²) >= 11 is 0. The second kappa shape index (κ2) is 11.3. The fourth-order valence-corrected chi connectivity index (χ4v) is 6.14. The lowest BCUT2D eigenvalue weighted by molar-refractivity contribution is -0.134. The Morgan fingerprint density at radius 1 is 1.08 bits per heavy atom. The highest BCUT2D eigenvalue weighted by atomic mass is 16.5. The topological polar surface area (TPSA) is 68.3 Å². The van der Waals surface area contributed by atoms with Gasteiger partial charge in [0.15, 0.2) is 6.35 Å². The van der Waals surface area contributed by atoms with E-state index in [1.54, 1.807) is 7.11 Å². The van der Waals surface area contributed by atoms with Crippen LogP contribution in [0.2, 0.25) is 0 Å². The van der Waals surface area contributed by atoms with E-state index >= 15 is 0 Å². The molecule has 0 radical (unpaired) electrons. The van der Waals surface area contributed by atoms with E-state index in [0.717, 1.165) is 50.0 Å². The van der Waals surface area contributed by atoms with Gasteiger partial charge < -0.3 is 15.2 Å². The number of rotatable bonds is 9. The van der Waals surface area contributed by atoms with E-state index in [2.05, 4.69) is 71.4 Å². The van der Waals surface area contributed by atoms with Crippen LogP contribution in [0.25, 0.3) is 0 Å². The van der Waals surface area contributed by atoms with Crippen molar-refractivity contribution in [3.05, 3.63) is 65.7 Å². The summed E-state index contributed by atoms with van der Waals surface area (Å²) < 4.78 is 5.30. The highest BCUT2D eigenvalue weighted by Gasteiger charge is 2.54. The number of carbonyl (C=O) groups is 1. The molecule has 1 spiro atoms. The molecular formula is C29H42N4O3. The van der Waals surface area contributed by atoms with Crippen LogP contribution in [0.1, 0.15) is 50.2 Å². The molecule has 1 unspecified atom stereocenters. The SMILES string of the molecule is CCCNC(=O)CN1C(O)N(Cc2ccc(OC)cc2)C[C@]12CC[C@](c1ccccc1)(N(C)C)CC2. The molecule has 36 heavy (non-hydrogen) atoms. The monoisotopic (exact) mass is 494 g/mol. The molecule has 1 aliphatic heterocycles. The van der Waals surface area contributed by atoms with Crippen LogP contribution in [0.3, 0.4) is 0 Å². The van der Waals surface area contributed by atoms with Gasteiger partial charge in [-0.1, -0.05) is 49.4 Å². The number of benzene rings is 2. The molecule has 2 aliphatic rings. The number of methoxy groups -OCH3 is 1. The summed E-state index contributed by atoms with van der Waals surface area (Å²) in [5, 5.41) is 14.5. The fourth-order valence-electron chi connectivity index (χ4n) is 6.14. The maximum absolute atomic E-state index is 12.8. The summed E-state index contributed by atoms with van der Waals surface area (Å²) in [5.74, 6) is 0.800. The highest BCUT2D eigenvalue weighted by Crippen LogP contribution is 2.49. The summed E-state index contributed by atoms with van der Waals surface area (Å²) in [4.78, 5) is 19.3. The van der Waals surface area contributed by atoms with Crippen molar-refractivity contribution >= 4 is 5.91 Å². The molecule has 196 valence electrons. The van der Waals surface area contributed by atoms with Crippen LogP contribution in [0.5, 0.6) is 5.75 Å². The van der Waals surface area contributed by atoms with Gasteiger partial charge >= 0.3 is 0 Å². The van der Waals surface area contributed by atoms with Crippen molar-refractivity contribution in [1.29, 1.82) is 0 Å². The van der Waals surface area contributed by atoms with E-state index < -0.39 is 6.35 Å². The van der Waals surface area contributed by atoms with Gasteiger partial charge in [-0.05, 0) is 69.5 Å². The van der Waals surface area contributed by atoms with E-state index in [0.29, 0.717) is 13.1 Å². The van der Waals surface area contributed by atoms with Crippen LogP contribution in [0.4, 0.5) is 0 Å². The number of amides is 1. The predicted molar refractivity (Wildman–Crippen MR) is 142 cm³/mol. The van der Waals surface area contributed by atoms with Crippen molar-refractivity contribution in [2.24, 2.45) is 0 Å². The number of nitrogens with zero attached hydrogens (tertiary/aromatic N) is 3. The second-order valence-corrected chi connectivity index (χ2v) is 10.6. The van der Waals surface area contributed by atoms with Crippen LogP contribution >= 0.6 is 0 Å². The highest BCUT2D eigenvalue weighted by molar-refractivity contribution is 5.78. The van der Waals surface area contributed by atoms with Crippen molar-refractivity contribution < 1.29 is 14.6 Å². The Morgan fingerprint density at radius 2 is 1.75 bits per heavy atom. The third kappa shape index (κ3) is 5.30. The van der Waals surface area contributed by atoms with Gasteiger partial charge in [0.05, 0.1) is 13.7 Å². The van der Waals surface area contributed by atoms with E-state index in [-0.39, 0.29) is 23.5 Å². The molecule has 4 rings (SSSR count). The molecule has 7 heteroatoms. The van der Waals surface area contributed by atoms with Gasteiger partial charge in [0.1, 0.15) is 5.75 Å². The molecule has 2 aromatic rings. The molecule has 2 aromatic carbocycles. The number of aliphatic hydroxyl groups is 1. The number of hydrogen-bond acceptors (Lipinski definition) is 6. The van der Waals surface area contributed by atoms with Gasteiger partial charge in [-0.15, -0.1) is 0 Å². The summed E-state index contributed by atoms with van der Waals surface area (Å²) in [5.41, 5.74) is 2.16. The summed E-state index contributed by atoms with van der Waals surface area (Å²) in [7, 11) is 6.00. The van der Waals surface area contributed by atoms with Gasteiger partial charge in [-0.3, -0.25) is 14.6 Å². The minimum atomic E-state index is -0.803. The number of nitrogens with one attached hydrogen (secondary N) is 1. The smallest absolute Gasteiger partial charge is 0.234 e. The lowest BCUT2D eigenvalue weighted by atomic mass is 9.68. The molecule has 1 aliphatic carbocycles. The van der Waals surface area contributed by atoms with Crippen LogP contribution in [0, 0.1) is 0 Å². The summed E-state index contributed by atoms with van der Waals surface area (Å²) in [6.45, 7) is 4.27. The number of hydrogen-bond donors (Lipinski definition) is 2. The first-order valence-corrected chi connectivity index (χ1v) is 13.1. The Morgan fingerprint density at radius 3 is 2.33 bits per heavy atom. The third-order valence-electron chi connectivity index (χ3n) is 8.32. The lowest BCUT2D eigenvalue weighted by Crippen LogP contribution is -2.57. The Labute approximate surface area is 216 Å². The van der Waals surface area contributed by atoms with Crippen molar-refractivity contribution in [3.8, 4) is 5.75 Å². The zero-order valence-electron chi connectivity index (χ0n) is 22.2. The number of carbonyl (C=O) groups excluding carboxylic acids is 1. The Balaban J connectivity index is 1.57. The normalized spacial score (nSPS) is 27.0. The standard InChI is InChI=1S/C29H42N4O3/c1-5-19-30-26(34)21-33-27(35)32(20-23-11-13-25(36-4)14-12-23)22-28(33)15-17-29(18-16-28,31(2)3)24-9-7-6-8-10-24/h6-14,27,35H,5,15-22H2,1-4H3,(H,30,34)/t27?,28-,29+. The first kappa shape index (κ1) is 26.6. The van der Waals surface area contributed by atoms with Gasteiger partial charge in [-0.25, -0.2) is 4.90 Å². The number of ether oxygens (including phenoxy) is 1. The maximum Gasteiger partial charge on any atom is 0.234 e. The van der Waals surface area contributed by atoms with Gasteiger partial charge in [0, 0.05) is 30.7 Å². The van der Waals surface area contributed by atoms with E-state index in [9.17, 15) is 9.90 Å². The average Bonchev–Trinajstić information content (AvgIpc) is 3.14. The minimum Gasteiger partial charge on any atom is -0.497 e. The van der Waals surface area contributed by atoms with Crippen LogP contribution in [-0.2, 0) is 16.9 Å². The number of aliphatic hydroxyl groups excluding tert-OH is 1. The molecule has 2 N–H and O–H groups in total. The van der Waals surface area contributed by atoms with Crippen molar-refractivity contribution in [2.75, 3.05) is 40.8 Å². The molecule has 0 bridgehead atoms. The molecule has 2 fully saturated rings. The molecule has 1 atom stereocenters. The molecule has 0 aromatic heterocycles. The zero-order valence-corrected chi connectivity index (χ0v) is 22.2. The van der Waals surface area contributed by atoms with Crippen molar-refractivity contribution in [2.45, 2.75) is 63.0 Å². The Bertz CT molecular complexity index is 987. The van der Waals surface area contributed by atoms with Crippen LogP contribution in [0.15, 0.2) is 54.6 Å². The molecule has 7 nitrogen and oxygen atoms in total. The molecular weight excluding hydrogens is 452 g/mol. The largest absolute Gasteiger partial charge is 0.497 e. The third-order valence-corrected chi connectivity index (χ3v) is 8.32. The van der Waals surface area contributed by atoms with Gasteiger partial charge in [0.2, 0.25) is 5.91 Å². The van der Waals surface area contributed by atoms with E-state index in [1.165, 1.54) is 5.56 Å². The van der Waals surface area contributed by atoms with Crippen LogP contribution in [-0.4, -0.2) is 78.4 Å². The second-order valence-electron chi connectivity index (χ2n) is 10.6. The molecule has 1 amide bonds. The first-order chi connectivity index (χ1) is 17.3. The predicted octanol–water partition coefficient (Wildman–Crippen LogP) is 3.38. The summed E-state index contributed by atoms with van der Waals surface area (Å²) in [6.07, 6.45) is 3.86. The molecule has 1 saturated carbocycles. The van der Waals surface area contributed by atoms with E-state index in [4.69, 9.17) is 4.74 Å². The van der Waals surface area contributed by atoms with Gasteiger partial charge in [-0.2, -0.15) is 0 Å². The Kier molecular flexibility index (Phi) is 8.35. The van der Waals surface area contributed by atoms with Crippen molar-refractivity contribution in [1.82, 2.24) is 20.0 Å². The quantitative estimate of drug-likeness (QED) is 0.557. The zero-order chi connectivity index (χ0) is 25.8. The Hall–Kier alpha value is -2.45. The average molecular weight is 495 g/mol. The maximum atomic E-state index is 12.8. The minimum absolute atomic E-state index is 0.0194. The first-order valence-electron chi connectivity index (χ1n) is 13.1. The lowest BCUT2D eigenvalue weighted by Gasteiger charge is -2.51. The van der Waals surface area contributed by atoms with Crippen LogP contribution < -0.4 is 10.1 Å². The molecule has 1 saturated heterocycles. The molecule has 1 heterocycles. The fraction of sp³-hybridized carbons (Fsp3) is 0.552. The summed E-state index contributed by atoms with van der Waals surface area (Å²) in [6, 6.07) is 18.8.